The van der Waals surface area contributed by atoms with Crippen molar-refractivity contribution in [1.82, 2.24) is 9.78 Å². The smallest absolute Gasteiger partial charge is 0.262 e. The molecule has 6 nitrogen and oxygen atoms in total. The van der Waals surface area contributed by atoms with E-state index in [0.717, 1.165) is 28.7 Å². The van der Waals surface area contributed by atoms with Gasteiger partial charge in [-0.1, -0.05) is 6.07 Å². The molecule has 24 heavy (non-hydrogen) atoms. The fourth-order valence-corrected chi connectivity index (χ4v) is 4.76. The van der Waals surface area contributed by atoms with E-state index in [1.165, 1.54) is 0 Å². The van der Waals surface area contributed by atoms with Crippen molar-refractivity contribution in [2.24, 2.45) is 0 Å². The highest BCUT2D eigenvalue weighted by atomic mass is 32.2. The van der Waals surface area contributed by atoms with Crippen molar-refractivity contribution < 1.29 is 13.2 Å². The summed E-state index contributed by atoms with van der Waals surface area (Å²) in [6, 6.07) is 2.19. The van der Waals surface area contributed by atoms with Gasteiger partial charge in [-0.05, 0) is 56.4 Å². The molecule has 0 radical (unpaired) electrons. The van der Waals surface area contributed by atoms with E-state index in [0.29, 0.717) is 23.8 Å². The van der Waals surface area contributed by atoms with Gasteiger partial charge in [-0.25, -0.2) is 8.42 Å². The highest BCUT2D eigenvalue weighted by molar-refractivity contribution is 7.92. The minimum Gasteiger partial charge on any atom is -0.379 e. The Kier molecular flexibility index (Phi) is 4.40. The molecule has 7 heteroatoms. The molecule has 1 saturated heterocycles. The summed E-state index contributed by atoms with van der Waals surface area (Å²) in [4.78, 5) is 0.358. The van der Waals surface area contributed by atoms with Gasteiger partial charge in [0.1, 0.15) is 0 Å². The van der Waals surface area contributed by atoms with Crippen LogP contribution in [0, 0.1) is 27.7 Å². The SMILES string of the molecule is Cc1cc(C)c(C)c(S(=O)(=O)Nc2cnn(C3CCOC3)c2)c1C. The van der Waals surface area contributed by atoms with Gasteiger partial charge in [-0.15, -0.1) is 0 Å². The zero-order chi connectivity index (χ0) is 17.5. The Balaban J connectivity index is 1.92. The number of anilines is 1. The molecule has 130 valence electrons. The number of sulfonamides is 1. The molecule has 1 N–H and O–H groups in total. The van der Waals surface area contributed by atoms with Crippen molar-refractivity contribution in [1.29, 1.82) is 0 Å². The molecule has 1 aliphatic rings. The van der Waals surface area contributed by atoms with E-state index in [9.17, 15) is 8.42 Å². The first-order valence-electron chi connectivity index (χ1n) is 8.01. The molecule has 1 aromatic heterocycles. The maximum atomic E-state index is 12.9. The number of rotatable bonds is 4. The molecule has 0 spiro atoms. The molecule has 0 saturated carbocycles. The Morgan fingerprint density at radius 2 is 1.88 bits per heavy atom. The number of hydrogen-bond acceptors (Lipinski definition) is 4. The zero-order valence-electron chi connectivity index (χ0n) is 14.5. The lowest BCUT2D eigenvalue weighted by atomic mass is 10.0. The van der Waals surface area contributed by atoms with Gasteiger partial charge < -0.3 is 4.74 Å². The van der Waals surface area contributed by atoms with E-state index >= 15 is 0 Å². The average molecular weight is 349 g/mol. The van der Waals surface area contributed by atoms with Crippen molar-refractivity contribution in [3.05, 3.63) is 40.7 Å². The van der Waals surface area contributed by atoms with Crippen LogP contribution in [-0.4, -0.2) is 31.4 Å². The second-order valence-electron chi connectivity index (χ2n) is 6.42. The van der Waals surface area contributed by atoms with Gasteiger partial charge in [0.05, 0.1) is 29.4 Å². The third-order valence-electron chi connectivity index (χ3n) is 4.70. The van der Waals surface area contributed by atoms with Crippen molar-refractivity contribution in [3.63, 3.8) is 0 Å². The molecule has 3 rings (SSSR count). The predicted molar refractivity (Wildman–Crippen MR) is 92.9 cm³/mol. The normalized spacial score (nSPS) is 18.1. The van der Waals surface area contributed by atoms with Gasteiger partial charge >= 0.3 is 0 Å². The van der Waals surface area contributed by atoms with Gasteiger partial charge in [-0.3, -0.25) is 9.40 Å². The standard InChI is InChI=1S/C17H23N3O3S/c1-11-7-12(2)14(4)17(13(11)3)24(21,22)19-15-8-18-20(9-15)16-5-6-23-10-16/h7-9,16,19H,5-6,10H2,1-4H3. The summed E-state index contributed by atoms with van der Waals surface area (Å²) in [7, 11) is -3.66. The number of aromatic nitrogens is 2. The molecule has 2 heterocycles. The predicted octanol–water partition coefficient (Wildman–Crippen LogP) is 2.88. The molecule has 0 amide bonds. The summed E-state index contributed by atoms with van der Waals surface area (Å²) in [5, 5.41) is 4.27. The fourth-order valence-electron chi connectivity index (χ4n) is 3.11. The van der Waals surface area contributed by atoms with Crippen molar-refractivity contribution >= 4 is 15.7 Å². The number of nitrogens with zero attached hydrogens (tertiary/aromatic N) is 2. The molecule has 1 aliphatic heterocycles. The summed E-state index contributed by atoms with van der Waals surface area (Å²) < 4.78 is 35.6. The third-order valence-corrected chi connectivity index (χ3v) is 6.35. The van der Waals surface area contributed by atoms with Gasteiger partial charge in [0.25, 0.3) is 10.0 Å². The molecule has 0 aliphatic carbocycles. The van der Waals surface area contributed by atoms with Crippen LogP contribution in [0.25, 0.3) is 0 Å². The quantitative estimate of drug-likeness (QED) is 0.921. The first-order chi connectivity index (χ1) is 11.3. The van der Waals surface area contributed by atoms with Crippen LogP contribution in [0.15, 0.2) is 23.4 Å². The zero-order valence-corrected chi connectivity index (χ0v) is 15.3. The lowest BCUT2D eigenvalue weighted by Gasteiger charge is -2.16. The minimum absolute atomic E-state index is 0.174. The van der Waals surface area contributed by atoms with E-state index < -0.39 is 10.0 Å². The van der Waals surface area contributed by atoms with Gasteiger partial charge in [0, 0.05) is 12.8 Å². The summed E-state index contributed by atoms with van der Waals surface area (Å²) in [5.74, 6) is 0. The molecule has 1 atom stereocenters. The van der Waals surface area contributed by atoms with Crippen LogP contribution in [-0.2, 0) is 14.8 Å². The molecule has 1 aromatic carbocycles. The second kappa shape index (κ2) is 6.22. The largest absolute Gasteiger partial charge is 0.379 e. The van der Waals surface area contributed by atoms with Crippen molar-refractivity contribution in [2.75, 3.05) is 17.9 Å². The topological polar surface area (TPSA) is 73.2 Å². The van der Waals surface area contributed by atoms with E-state index in [1.54, 1.807) is 17.1 Å². The number of benzene rings is 1. The van der Waals surface area contributed by atoms with Gasteiger partial charge in [0.15, 0.2) is 0 Å². The monoisotopic (exact) mass is 349 g/mol. The van der Waals surface area contributed by atoms with Crippen LogP contribution in [0.2, 0.25) is 0 Å². The Bertz CT molecular complexity index is 839. The summed E-state index contributed by atoms with van der Waals surface area (Å²) in [6.07, 6.45) is 4.16. The van der Waals surface area contributed by atoms with Crippen LogP contribution < -0.4 is 4.72 Å². The molecule has 1 fully saturated rings. The van der Waals surface area contributed by atoms with E-state index in [-0.39, 0.29) is 6.04 Å². The van der Waals surface area contributed by atoms with Gasteiger partial charge in [0.2, 0.25) is 0 Å². The van der Waals surface area contributed by atoms with Crippen LogP contribution in [0.5, 0.6) is 0 Å². The first-order valence-corrected chi connectivity index (χ1v) is 9.50. The Morgan fingerprint density at radius 1 is 1.21 bits per heavy atom. The Hall–Kier alpha value is -1.86. The lowest BCUT2D eigenvalue weighted by molar-refractivity contribution is 0.184. The van der Waals surface area contributed by atoms with Crippen LogP contribution in [0.3, 0.4) is 0 Å². The number of nitrogens with one attached hydrogen (secondary N) is 1. The van der Waals surface area contributed by atoms with Crippen LogP contribution >= 0.6 is 0 Å². The van der Waals surface area contributed by atoms with Crippen LogP contribution in [0.4, 0.5) is 5.69 Å². The molecule has 1 unspecified atom stereocenters. The maximum absolute atomic E-state index is 12.9. The summed E-state index contributed by atoms with van der Waals surface area (Å²) in [6.45, 7) is 8.87. The number of aryl methyl sites for hydroxylation is 2. The van der Waals surface area contributed by atoms with Crippen molar-refractivity contribution in [3.8, 4) is 0 Å². The first kappa shape index (κ1) is 17.0. The Labute approximate surface area is 142 Å². The molecule has 0 bridgehead atoms. The molecular weight excluding hydrogens is 326 g/mol. The van der Waals surface area contributed by atoms with Crippen molar-refractivity contribution in [2.45, 2.75) is 45.1 Å². The summed E-state index contributed by atoms with van der Waals surface area (Å²) in [5.41, 5.74) is 3.97. The summed E-state index contributed by atoms with van der Waals surface area (Å²) >= 11 is 0. The van der Waals surface area contributed by atoms with Crippen LogP contribution in [0.1, 0.15) is 34.7 Å². The molecule has 2 aromatic rings. The van der Waals surface area contributed by atoms with Gasteiger partial charge in [-0.2, -0.15) is 5.10 Å². The van der Waals surface area contributed by atoms with E-state index in [4.69, 9.17) is 4.74 Å². The highest BCUT2D eigenvalue weighted by Gasteiger charge is 2.24. The minimum atomic E-state index is -3.66. The maximum Gasteiger partial charge on any atom is 0.262 e. The second-order valence-corrected chi connectivity index (χ2v) is 8.04. The fraction of sp³-hybridized carbons (Fsp3) is 0.471. The molecular formula is C17H23N3O3S. The number of ether oxygens (including phenoxy) is 1. The third kappa shape index (κ3) is 3.06. The number of hydrogen-bond donors (Lipinski definition) is 1. The van der Waals surface area contributed by atoms with E-state index in [1.807, 2.05) is 33.8 Å². The van der Waals surface area contributed by atoms with E-state index in [2.05, 4.69) is 9.82 Å². The highest BCUT2D eigenvalue weighted by Crippen LogP contribution is 2.28. The average Bonchev–Trinajstić information content (AvgIpc) is 3.15. The lowest BCUT2D eigenvalue weighted by Crippen LogP contribution is -2.17. The Morgan fingerprint density at radius 3 is 2.46 bits per heavy atom.